The van der Waals surface area contributed by atoms with Gasteiger partial charge in [0.1, 0.15) is 6.10 Å². The topological polar surface area (TPSA) is 96.1 Å². The van der Waals surface area contributed by atoms with E-state index in [1.165, 1.54) is 11.1 Å². The van der Waals surface area contributed by atoms with E-state index in [1.807, 2.05) is 59.2 Å². The molecule has 1 fully saturated rings. The van der Waals surface area contributed by atoms with Crippen LogP contribution in [0.15, 0.2) is 91.3 Å². The fraction of sp³-hybridized carbons (Fsp3) is 0.219. The molecule has 2 aromatic heterocycles. The number of halogens is 1. The summed E-state index contributed by atoms with van der Waals surface area (Å²) in [6.07, 6.45) is 1.11. The molecule has 1 saturated carbocycles. The Kier molecular flexibility index (Phi) is 7.47. The highest BCUT2D eigenvalue weighted by atomic mass is 35.5. The Labute approximate surface area is 237 Å². The van der Waals surface area contributed by atoms with E-state index in [0.29, 0.717) is 52.8 Å². The molecule has 5 aromatic rings. The van der Waals surface area contributed by atoms with Gasteiger partial charge in [-0.25, -0.2) is 15.0 Å². The summed E-state index contributed by atoms with van der Waals surface area (Å²) in [5.41, 5.74) is 4.17. The molecule has 8 heteroatoms. The van der Waals surface area contributed by atoms with Crippen molar-refractivity contribution in [3.63, 3.8) is 0 Å². The summed E-state index contributed by atoms with van der Waals surface area (Å²) in [6.45, 7) is 0.565. The smallest absolute Gasteiger partial charge is 0.209 e. The van der Waals surface area contributed by atoms with E-state index in [2.05, 4.69) is 46.4 Å². The van der Waals surface area contributed by atoms with Gasteiger partial charge in [0.15, 0.2) is 17.0 Å². The molecular weight excluding hydrogens is 522 g/mol. The van der Waals surface area contributed by atoms with Crippen LogP contribution in [0.25, 0.3) is 11.2 Å². The van der Waals surface area contributed by atoms with E-state index >= 15 is 0 Å². The Morgan fingerprint density at radius 3 is 2.20 bits per heavy atom. The average molecular weight is 550 g/mol. The molecule has 3 aromatic carbocycles. The molecule has 2 heterocycles. The van der Waals surface area contributed by atoms with Crippen LogP contribution in [0.3, 0.4) is 0 Å². The van der Waals surface area contributed by atoms with Crippen LogP contribution in [0.5, 0.6) is 0 Å². The van der Waals surface area contributed by atoms with Crippen molar-refractivity contribution in [3.05, 3.63) is 119 Å². The molecule has 0 radical (unpaired) electrons. The minimum absolute atomic E-state index is 0.0685. The third-order valence-electron chi connectivity index (χ3n) is 7.39. The summed E-state index contributed by atoms with van der Waals surface area (Å²) in [5.74, 6) is 7.07. The van der Waals surface area contributed by atoms with Gasteiger partial charge in [-0.1, -0.05) is 90.3 Å². The van der Waals surface area contributed by atoms with Gasteiger partial charge >= 0.3 is 0 Å². The zero-order valence-electron chi connectivity index (χ0n) is 21.7. The first kappa shape index (κ1) is 26.0. The first-order valence-corrected chi connectivity index (χ1v) is 13.7. The van der Waals surface area contributed by atoms with Crippen LogP contribution in [-0.2, 0) is 0 Å². The summed E-state index contributed by atoms with van der Waals surface area (Å²) in [4.78, 5) is 14.1. The van der Waals surface area contributed by atoms with Crippen LogP contribution in [0, 0.1) is 11.8 Å². The van der Waals surface area contributed by atoms with E-state index in [9.17, 15) is 10.2 Å². The second-order valence-electron chi connectivity index (χ2n) is 9.91. The van der Waals surface area contributed by atoms with Crippen LogP contribution >= 0.6 is 11.6 Å². The van der Waals surface area contributed by atoms with Crippen LogP contribution in [-0.4, -0.2) is 48.5 Å². The molecule has 6 rings (SSSR count). The molecule has 0 spiro atoms. The van der Waals surface area contributed by atoms with E-state index < -0.39 is 12.2 Å². The summed E-state index contributed by atoms with van der Waals surface area (Å²) in [5, 5.41) is 24.9. The molecule has 0 saturated heterocycles. The number of nitrogens with zero attached hydrogens (tertiary/aromatic N) is 4. The number of imidazole rings is 1. The maximum atomic E-state index is 10.6. The van der Waals surface area contributed by atoms with Gasteiger partial charge in [0, 0.05) is 18.0 Å². The molecule has 40 heavy (non-hydrogen) atoms. The third kappa shape index (κ3) is 5.30. The van der Waals surface area contributed by atoms with Crippen molar-refractivity contribution in [2.75, 3.05) is 11.9 Å². The Balaban J connectivity index is 1.41. The largest absolute Gasteiger partial charge is 0.390 e. The van der Waals surface area contributed by atoms with Crippen LogP contribution in [0.1, 0.15) is 47.3 Å². The Morgan fingerprint density at radius 1 is 0.875 bits per heavy atom. The Hall–Kier alpha value is -4.22. The molecule has 3 N–H and O–H groups in total. The van der Waals surface area contributed by atoms with E-state index in [0.717, 1.165) is 0 Å². The SMILES string of the molecule is OC1CC[C@@H](n2cnc3c(NCC(c4ccccc4)c4ccccc4)nc(C#Cc4ccccc4Cl)nc32)[C@@H]1O. The van der Waals surface area contributed by atoms with Crippen molar-refractivity contribution in [2.45, 2.75) is 37.0 Å². The lowest BCUT2D eigenvalue weighted by Crippen LogP contribution is -2.27. The lowest BCUT2D eigenvalue weighted by Gasteiger charge is -2.20. The summed E-state index contributed by atoms with van der Waals surface area (Å²) in [7, 11) is 0. The lowest BCUT2D eigenvalue weighted by molar-refractivity contribution is 0.0241. The fourth-order valence-corrected chi connectivity index (χ4v) is 5.45. The minimum Gasteiger partial charge on any atom is -0.390 e. The quantitative estimate of drug-likeness (QED) is 0.253. The van der Waals surface area contributed by atoms with Crippen molar-refractivity contribution < 1.29 is 10.2 Å². The van der Waals surface area contributed by atoms with Gasteiger partial charge in [0.25, 0.3) is 0 Å². The minimum atomic E-state index is -0.901. The van der Waals surface area contributed by atoms with Gasteiger partial charge in [-0.15, -0.1) is 0 Å². The maximum Gasteiger partial charge on any atom is 0.209 e. The summed E-state index contributed by atoms with van der Waals surface area (Å²) in [6, 6.07) is 27.7. The number of nitrogens with one attached hydrogen (secondary N) is 1. The van der Waals surface area contributed by atoms with Gasteiger partial charge in [0.2, 0.25) is 5.82 Å². The van der Waals surface area contributed by atoms with Gasteiger partial charge < -0.3 is 20.1 Å². The molecule has 1 aliphatic carbocycles. The Morgan fingerprint density at radius 2 is 1.55 bits per heavy atom. The second-order valence-corrected chi connectivity index (χ2v) is 10.3. The fourth-order valence-electron chi connectivity index (χ4n) is 5.26. The first-order valence-electron chi connectivity index (χ1n) is 13.3. The van der Waals surface area contributed by atoms with E-state index in [-0.39, 0.29) is 12.0 Å². The van der Waals surface area contributed by atoms with Crippen LogP contribution < -0.4 is 5.32 Å². The standard InChI is InChI=1S/C32H28ClN5O2/c33-25-14-8-7-13-23(25)15-18-28-36-31(29-32(37-28)38(20-35-29)26-16-17-27(39)30(26)40)34-19-24(21-9-3-1-4-10-21)22-11-5-2-6-12-22/h1-14,20,24,26-27,30,39-40H,16-17,19H2,(H,34,36,37)/t26-,27?,30+/m1/s1. The number of hydrogen-bond donors (Lipinski definition) is 3. The van der Waals surface area contributed by atoms with Crippen molar-refractivity contribution in [2.24, 2.45) is 0 Å². The zero-order chi connectivity index (χ0) is 27.5. The molecule has 0 aliphatic heterocycles. The number of benzene rings is 3. The van der Waals surface area contributed by atoms with Crippen molar-refractivity contribution in [1.82, 2.24) is 19.5 Å². The van der Waals surface area contributed by atoms with Gasteiger partial charge in [0.05, 0.1) is 23.5 Å². The van der Waals surface area contributed by atoms with Crippen molar-refractivity contribution in [3.8, 4) is 11.8 Å². The number of aliphatic hydroxyl groups excluding tert-OH is 2. The van der Waals surface area contributed by atoms with Gasteiger partial charge in [-0.05, 0) is 42.0 Å². The molecule has 1 unspecified atom stereocenters. The second kappa shape index (κ2) is 11.5. The first-order chi connectivity index (χ1) is 19.6. The van der Waals surface area contributed by atoms with Crippen LogP contribution in [0.2, 0.25) is 5.02 Å². The monoisotopic (exact) mass is 549 g/mol. The van der Waals surface area contributed by atoms with E-state index in [1.54, 1.807) is 12.4 Å². The number of hydrogen-bond acceptors (Lipinski definition) is 6. The predicted octanol–water partition coefficient (Wildman–Crippen LogP) is 5.18. The predicted molar refractivity (Wildman–Crippen MR) is 156 cm³/mol. The van der Waals surface area contributed by atoms with Gasteiger partial charge in [-0.3, -0.25) is 0 Å². The summed E-state index contributed by atoms with van der Waals surface area (Å²) >= 11 is 6.32. The number of aromatic nitrogens is 4. The molecule has 3 atom stereocenters. The normalized spacial score (nSPS) is 18.6. The molecule has 1 aliphatic rings. The average Bonchev–Trinajstić information content (AvgIpc) is 3.56. The Bertz CT molecular complexity index is 1640. The van der Waals surface area contributed by atoms with E-state index in [4.69, 9.17) is 21.6 Å². The van der Waals surface area contributed by atoms with Gasteiger partial charge in [-0.2, -0.15) is 0 Å². The highest BCUT2D eigenvalue weighted by molar-refractivity contribution is 6.31. The number of rotatable bonds is 6. The molecule has 0 bridgehead atoms. The maximum absolute atomic E-state index is 10.6. The highest BCUT2D eigenvalue weighted by Gasteiger charge is 2.36. The van der Waals surface area contributed by atoms with Crippen molar-refractivity contribution >= 4 is 28.6 Å². The molecule has 7 nitrogen and oxygen atoms in total. The number of aliphatic hydroxyl groups is 2. The molecule has 0 amide bonds. The number of anilines is 1. The zero-order valence-corrected chi connectivity index (χ0v) is 22.4. The number of fused-ring (bicyclic) bond motifs is 1. The van der Waals surface area contributed by atoms with Crippen LogP contribution in [0.4, 0.5) is 5.82 Å². The summed E-state index contributed by atoms with van der Waals surface area (Å²) < 4.78 is 1.83. The molecular formula is C32H28ClN5O2. The molecule has 200 valence electrons. The highest BCUT2D eigenvalue weighted by Crippen LogP contribution is 2.34. The third-order valence-corrected chi connectivity index (χ3v) is 7.72. The lowest BCUT2D eigenvalue weighted by atomic mass is 9.91. The van der Waals surface area contributed by atoms with Crippen molar-refractivity contribution in [1.29, 1.82) is 0 Å².